The summed E-state index contributed by atoms with van der Waals surface area (Å²) in [7, 11) is 0. The highest BCUT2D eigenvalue weighted by Crippen LogP contribution is 2.19. The van der Waals surface area contributed by atoms with Gasteiger partial charge < -0.3 is 5.32 Å². The highest BCUT2D eigenvalue weighted by atomic mass is 16.2. The van der Waals surface area contributed by atoms with Crippen LogP contribution in [0.4, 0.5) is 10.6 Å². The Bertz CT molecular complexity index is 692. The summed E-state index contributed by atoms with van der Waals surface area (Å²) in [6, 6.07) is 7.34. The number of nitrogens with one attached hydrogen (secondary N) is 2. The Morgan fingerprint density at radius 1 is 1.25 bits per heavy atom. The fourth-order valence-corrected chi connectivity index (χ4v) is 2.80. The van der Waals surface area contributed by atoms with Gasteiger partial charge in [0.15, 0.2) is 5.82 Å². The fourth-order valence-electron chi connectivity index (χ4n) is 2.80. The topological polar surface area (TPSA) is 71.8 Å². The molecular weight excluding hydrogens is 302 g/mol. The molecule has 24 heavy (non-hydrogen) atoms. The Morgan fingerprint density at radius 2 is 2.21 bits per heavy atom. The molecule has 0 spiro atoms. The molecule has 6 nitrogen and oxygen atoms in total. The fraction of sp³-hybridized carbons (Fsp3) is 0.389. The van der Waals surface area contributed by atoms with Gasteiger partial charge in [-0.1, -0.05) is 17.7 Å². The second-order valence-corrected chi connectivity index (χ2v) is 5.96. The standard InChI is InChI=1S/C18H23N5O/c24-18(20-12-9-15-6-2-1-3-7-15)21-17-10-13-23(22-17)14-16-8-4-5-11-19-16/h4-6,8,10-11,13H,1-3,7,9,12,14H2,(H2,20,21,22,24). The van der Waals surface area contributed by atoms with E-state index in [2.05, 4.69) is 26.8 Å². The van der Waals surface area contributed by atoms with Crippen molar-refractivity contribution < 1.29 is 4.79 Å². The summed E-state index contributed by atoms with van der Waals surface area (Å²) in [5.74, 6) is 0.542. The quantitative estimate of drug-likeness (QED) is 0.800. The Hall–Kier alpha value is -2.63. The van der Waals surface area contributed by atoms with Gasteiger partial charge in [-0.3, -0.25) is 15.0 Å². The predicted molar refractivity (Wildman–Crippen MR) is 93.8 cm³/mol. The molecule has 126 valence electrons. The maximum absolute atomic E-state index is 11.9. The van der Waals surface area contributed by atoms with E-state index in [1.54, 1.807) is 16.9 Å². The molecule has 0 aliphatic heterocycles. The van der Waals surface area contributed by atoms with Crippen LogP contribution in [-0.4, -0.2) is 27.3 Å². The molecule has 0 saturated heterocycles. The molecule has 0 saturated carbocycles. The van der Waals surface area contributed by atoms with Crippen LogP contribution in [0.15, 0.2) is 48.3 Å². The molecule has 6 heteroatoms. The highest BCUT2D eigenvalue weighted by molar-refractivity contribution is 5.88. The van der Waals surface area contributed by atoms with Gasteiger partial charge in [-0.15, -0.1) is 0 Å². The molecule has 2 aromatic rings. The van der Waals surface area contributed by atoms with E-state index < -0.39 is 0 Å². The number of carbonyl (C=O) groups excluding carboxylic acids is 1. The van der Waals surface area contributed by atoms with Crippen LogP contribution in [-0.2, 0) is 6.54 Å². The van der Waals surface area contributed by atoms with E-state index in [9.17, 15) is 4.79 Å². The lowest BCUT2D eigenvalue weighted by atomic mass is 9.97. The smallest absolute Gasteiger partial charge is 0.320 e. The maximum atomic E-state index is 11.9. The molecule has 2 N–H and O–H groups in total. The van der Waals surface area contributed by atoms with Crippen molar-refractivity contribution >= 4 is 11.8 Å². The summed E-state index contributed by atoms with van der Waals surface area (Å²) < 4.78 is 1.75. The molecule has 0 radical (unpaired) electrons. The number of anilines is 1. The Kier molecular flexibility index (Phi) is 5.61. The third-order valence-corrected chi connectivity index (χ3v) is 4.05. The molecule has 0 unspecified atom stereocenters. The van der Waals surface area contributed by atoms with E-state index in [1.807, 2.05) is 24.4 Å². The average molecular weight is 325 g/mol. The van der Waals surface area contributed by atoms with E-state index >= 15 is 0 Å². The Morgan fingerprint density at radius 3 is 3.00 bits per heavy atom. The SMILES string of the molecule is O=C(NCCC1=CCCCC1)Nc1ccn(Cc2ccccn2)n1. The number of urea groups is 1. The largest absolute Gasteiger partial charge is 0.338 e. The van der Waals surface area contributed by atoms with Gasteiger partial charge in [-0.2, -0.15) is 5.10 Å². The zero-order chi connectivity index (χ0) is 16.6. The molecule has 3 rings (SSSR count). The minimum absolute atomic E-state index is 0.213. The van der Waals surface area contributed by atoms with E-state index in [1.165, 1.54) is 31.3 Å². The van der Waals surface area contributed by atoms with Crippen LogP contribution in [0.25, 0.3) is 0 Å². The average Bonchev–Trinajstić information content (AvgIpc) is 3.03. The minimum atomic E-state index is -0.213. The van der Waals surface area contributed by atoms with Gasteiger partial charge in [0, 0.05) is 25.0 Å². The number of pyridine rings is 1. The van der Waals surface area contributed by atoms with Crippen molar-refractivity contribution in [2.24, 2.45) is 0 Å². The normalized spacial score (nSPS) is 14.1. The lowest BCUT2D eigenvalue weighted by molar-refractivity contribution is 0.252. The van der Waals surface area contributed by atoms with E-state index in [0.717, 1.165) is 12.1 Å². The third-order valence-electron chi connectivity index (χ3n) is 4.05. The minimum Gasteiger partial charge on any atom is -0.338 e. The van der Waals surface area contributed by atoms with E-state index in [4.69, 9.17) is 0 Å². The second-order valence-electron chi connectivity index (χ2n) is 5.96. The van der Waals surface area contributed by atoms with Crippen molar-refractivity contribution in [1.29, 1.82) is 0 Å². The van der Waals surface area contributed by atoms with Crippen LogP contribution in [0.1, 0.15) is 37.8 Å². The Labute approximate surface area is 142 Å². The van der Waals surface area contributed by atoms with Gasteiger partial charge in [-0.05, 0) is 44.2 Å². The molecule has 2 aromatic heterocycles. The summed E-state index contributed by atoms with van der Waals surface area (Å²) >= 11 is 0. The van der Waals surface area contributed by atoms with Gasteiger partial charge in [0.25, 0.3) is 0 Å². The molecule has 0 aromatic carbocycles. The first-order chi connectivity index (χ1) is 11.8. The molecule has 2 amide bonds. The lowest BCUT2D eigenvalue weighted by Crippen LogP contribution is -2.30. The summed E-state index contributed by atoms with van der Waals surface area (Å²) in [6.07, 6.45) is 11.7. The van der Waals surface area contributed by atoms with Gasteiger partial charge in [-0.25, -0.2) is 4.79 Å². The van der Waals surface area contributed by atoms with Gasteiger partial charge >= 0.3 is 6.03 Å². The van der Waals surface area contributed by atoms with Crippen LogP contribution in [0.2, 0.25) is 0 Å². The Balaban J connectivity index is 1.42. The number of aromatic nitrogens is 3. The molecule has 2 heterocycles. The lowest BCUT2D eigenvalue weighted by Gasteiger charge is -2.12. The van der Waals surface area contributed by atoms with Crippen LogP contribution in [0.5, 0.6) is 0 Å². The van der Waals surface area contributed by atoms with Crippen molar-refractivity contribution in [3.05, 3.63) is 54.0 Å². The van der Waals surface area contributed by atoms with Crippen LogP contribution in [0, 0.1) is 0 Å². The van der Waals surface area contributed by atoms with Crippen molar-refractivity contribution in [1.82, 2.24) is 20.1 Å². The number of amides is 2. The maximum Gasteiger partial charge on any atom is 0.320 e. The number of hydrogen-bond acceptors (Lipinski definition) is 3. The predicted octanol–water partition coefficient (Wildman–Crippen LogP) is 3.34. The van der Waals surface area contributed by atoms with Gasteiger partial charge in [0.1, 0.15) is 0 Å². The third kappa shape index (κ3) is 4.94. The number of carbonyl (C=O) groups is 1. The number of rotatable bonds is 6. The number of hydrogen-bond donors (Lipinski definition) is 2. The first-order valence-electron chi connectivity index (χ1n) is 8.46. The summed E-state index contributed by atoms with van der Waals surface area (Å²) in [5, 5.41) is 9.99. The van der Waals surface area contributed by atoms with E-state index in [-0.39, 0.29) is 6.03 Å². The van der Waals surface area contributed by atoms with Gasteiger partial charge in [0.05, 0.1) is 12.2 Å². The molecule has 0 fully saturated rings. The molecule has 1 aliphatic rings. The van der Waals surface area contributed by atoms with Crippen molar-refractivity contribution in [2.75, 3.05) is 11.9 Å². The van der Waals surface area contributed by atoms with Crippen molar-refractivity contribution in [2.45, 2.75) is 38.6 Å². The van der Waals surface area contributed by atoms with E-state index in [0.29, 0.717) is 18.9 Å². The van der Waals surface area contributed by atoms with Crippen molar-refractivity contribution in [3.8, 4) is 0 Å². The zero-order valence-electron chi connectivity index (χ0n) is 13.7. The van der Waals surface area contributed by atoms with Crippen LogP contribution >= 0.6 is 0 Å². The molecule has 0 bridgehead atoms. The first kappa shape index (κ1) is 16.2. The van der Waals surface area contributed by atoms with Crippen LogP contribution < -0.4 is 10.6 Å². The highest BCUT2D eigenvalue weighted by Gasteiger charge is 2.07. The zero-order valence-corrected chi connectivity index (χ0v) is 13.7. The summed E-state index contributed by atoms with van der Waals surface area (Å²) in [6.45, 7) is 1.24. The number of nitrogens with zero attached hydrogens (tertiary/aromatic N) is 3. The van der Waals surface area contributed by atoms with Crippen molar-refractivity contribution in [3.63, 3.8) is 0 Å². The van der Waals surface area contributed by atoms with Gasteiger partial charge in [0.2, 0.25) is 0 Å². The summed E-state index contributed by atoms with van der Waals surface area (Å²) in [5.41, 5.74) is 2.39. The monoisotopic (exact) mass is 325 g/mol. The molecule has 0 atom stereocenters. The molecular formula is C18H23N5O. The molecule has 1 aliphatic carbocycles. The number of allylic oxidation sites excluding steroid dienone is 1. The van der Waals surface area contributed by atoms with Crippen LogP contribution in [0.3, 0.4) is 0 Å². The second kappa shape index (κ2) is 8.29. The summed E-state index contributed by atoms with van der Waals surface area (Å²) in [4.78, 5) is 16.2. The first-order valence-corrected chi connectivity index (χ1v) is 8.46.